The molecule has 1 atom stereocenters. The van der Waals surface area contributed by atoms with Gasteiger partial charge in [0.2, 0.25) is 0 Å². The molecule has 0 spiro atoms. The van der Waals surface area contributed by atoms with Gasteiger partial charge in [-0.15, -0.1) is 0 Å². The number of benzene rings is 1. The van der Waals surface area contributed by atoms with E-state index in [1.165, 1.54) is 13.8 Å². The number of Topliss-reactive ketones (excluding diaryl/α,β-unsaturated/α-hetero) is 1. The molecule has 0 N–H and O–H groups in total. The summed E-state index contributed by atoms with van der Waals surface area (Å²) in [6, 6.07) is 6.57. The number of carbonyl (C=O) groups is 1. The van der Waals surface area contributed by atoms with Crippen LogP contribution in [0.2, 0.25) is 0 Å². The van der Waals surface area contributed by atoms with Crippen LogP contribution in [0.3, 0.4) is 0 Å². The molecule has 1 aromatic rings. The van der Waals surface area contributed by atoms with Crippen molar-refractivity contribution in [2.45, 2.75) is 20.0 Å². The average Bonchev–Trinajstić information content (AvgIpc) is 2.04. The molecule has 0 saturated heterocycles. The van der Waals surface area contributed by atoms with Crippen molar-refractivity contribution in [2.75, 3.05) is 0 Å². The van der Waals surface area contributed by atoms with Gasteiger partial charge in [0.05, 0.1) is 0 Å². The van der Waals surface area contributed by atoms with E-state index in [1.54, 1.807) is 24.3 Å². The quantitative estimate of drug-likeness (QED) is 0.617. The number of ketones is 1. The molecule has 2 heteroatoms. The second kappa shape index (κ2) is 3.48. The molecule has 0 aliphatic carbocycles. The van der Waals surface area contributed by atoms with Gasteiger partial charge < -0.3 is 0 Å². The minimum absolute atomic E-state index is 0.00746. The molecule has 64 valence electrons. The molecule has 1 rings (SSSR count). The van der Waals surface area contributed by atoms with Gasteiger partial charge in [-0.1, -0.05) is 24.3 Å². The van der Waals surface area contributed by atoms with E-state index in [1.807, 2.05) is 0 Å². The Morgan fingerprint density at radius 2 is 1.83 bits per heavy atom. The van der Waals surface area contributed by atoms with Gasteiger partial charge in [0, 0.05) is 5.56 Å². The zero-order valence-electron chi connectivity index (χ0n) is 7.17. The maximum Gasteiger partial charge on any atom is 0.159 e. The van der Waals surface area contributed by atoms with Crippen LogP contribution in [0.5, 0.6) is 0 Å². The van der Waals surface area contributed by atoms with Crippen LogP contribution in [-0.4, -0.2) is 5.78 Å². The Morgan fingerprint density at radius 1 is 1.33 bits per heavy atom. The third-order valence-electron chi connectivity index (χ3n) is 1.78. The van der Waals surface area contributed by atoms with Crippen molar-refractivity contribution in [1.29, 1.82) is 0 Å². The Hall–Kier alpha value is -1.18. The van der Waals surface area contributed by atoms with Crippen molar-refractivity contribution in [1.82, 2.24) is 0 Å². The molecule has 0 aliphatic heterocycles. The molecule has 0 amide bonds. The number of halogens is 1. The van der Waals surface area contributed by atoms with E-state index in [-0.39, 0.29) is 5.78 Å². The fraction of sp³-hybridized carbons (Fsp3) is 0.300. The minimum atomic E-state index is -0.967. The molecule has 12 heavy (non-hydrogen) atoms. The highest BCUT2D eigenvalue weighted by atomic mass is 19.1. The maximum absolute atomic E-state index is 12.7. The Balaban J connectivity index is 2.93. The molecule has 0 heterocycles. The van der Waals surface area contributed by atoms with Gasteiger partial charge in [0.1, 0.15) is 6.17 Å². The third-order valence-corrected chi connectivity index (χ3v) is 1.78. The first kappa shape index (κ1) is 8.91. The molecule has 1 unspecified atom stereocenters. The van der Waals surface area contributed by atoms with Crippen molar-refractivity contribution < 1.29 is 9.18 Å². The molecular formula is C10H11FO. The van der Waals surface area contributed by atoms with Crippen molar-refractivity contribution in [3.05, 3.63) is 35.4 Å². The highest BCUT2D eigenvalue weighted by Gasteiger charge is 2.03. The molecule has 0 aliphatic rings. The largest absolute Gasteiger partial charge is 0.295 e. The van der Waals surface area contributed by atoms with E-state index < -0.39 is 6.17 Å². The fourth-order valence-corrected chi connectivity index (χ4v) is 0.983. The molecule has 0 radical (unpaired) electrons. The van der Waals surface area contributed by atoms with Gasteiger partial charge in [-0.05, 0) is 19.4 Å². The van der Waals surface area contributed by atoms with Crippen LogP contribution in [-0.2, 0) is 0 Å². The van der Waals surface area contributed by atoms with Crippen molar-refractivity contribution in [2.24, 2.45) is 0 Å². The predicted molar refractivity (Wildman–Crippen MR) is 46.0 cm³/mol. The molecule has 0 bridgehead atoms. The molecule has 0 aromatic heterocycles. The summed E-state index contributed by atoms with van der Waals surface area (Å²) in [5.74, 6) is 0.00746. The van der Waals surface area contributed by atoms with Crippen molar-refractivity contribution in [3.8, 4) is 0 Å². The van der Waals surface area contributed by atoms with E-state index >= 15 is 0 Å². The van der Waals surface area contributed by atoms with Gasteiger partial charge in [-0.25, -0.2) is 4.39 Å². The van der Waals surface area contributed by atoms with Crippen LogP contribution in [0.4, 0.5) is 4.39 Å². The van der Waals surface area contributed by atoms with E-state index in [0.717, 1.165) is 0 Å². The predicted octanol–water partition coefficient (Wildman–Crippen LogP) is 2.92. The van der Waals surface area contributed by atoms with Crippen LogP contribution >= 0.6 is 0 Å². The Morgan fingerprint density at radius 3 is 2.17 bits per heavy atom. The second-order valence-electron chi connectivity index (χ2n) is 2.79. The van der Waals surface area contributed by atoms with Crippen LogP contribution in [0.15, 0.2) is 24.3 Å². The average molecular weight is 166 g/mol. The smallest absolute Gasteiger partial charge is 0.159 e. The second-order valence-corrected chi connectivity index (χ2v) is 2.79. The van der Waals surface area contributed by atoms with Crippen LogP contribution in [0, 0.1) is 0 Å². The summed E-state index contributed by atoms with van der Waals surface area (Å²) >= 11 is 0. The highest BCUT2D eigenvalue weighted by molar-refractivity contribution is 5.93. The first-order valence-corrected chi connectivity index (χ1v) is 3.86. The number of hydrogen-bond donors (Lipinski definition) is 0. The molecule has 0 saturated carbocycles. The molecule has 1 aromatic carbocycles. The Kier molecular flexibility index (Phi) is 2.58. The topological polar surface area (TPSA) is 17.1 Å². The monoisotopic (exact) mass is 166 g/mol. The highest BCUT2D eigenvalue weighted by Crippen LogP contribution is 2.16. The van der Waals surface area contributed by atoms with Gasteiger partial charge >= 0.3 is 0 Å². The summed E-state index contributed by atoms with van der Waals surface area (Å²) in [6.07, 6.45) is -0.967. The summed E-state index contributed by atoms with van der Waals surface area (Å²) < 4.78 is 12.7. The first-order chi connectivity index (χ1) is 5.61. The molecule has 0 fully saturated rings. The lowest BCUT2D eigenvalue weighted by molar-refractivity contribution is 0.101. The minimum Gasteiger partial charge on any atom is -0.295 e. The lowest BCUT2D eigenvalue weighted by Gasteiger charge is -2.01. The zero-order valence-corrected chi connectivity index (χ0v) is 7.17. The third kappa shape index (κ3) is 1.91. The summed E-state index contributed by atoms with van der Waals surface area (Å²) in [5.41, 5.74) is 1.24. The van der Waals surface area contributed by atoms with Crippen LogP contribution in [0.25, 0.3) is 0 Å². The SMILES string of the molecule is CC(=O)c1ccc(C(C)F)cc1. The van der Waals surface area contributed by atoms with Gasteiger partial charge in [-0.2, -0.15) is 0 Å². The number of carbonyl (C=O) groups excluding carboxylic acids is 1. The van der Waals surface area contributed by atoms with E-state index in [4.69, 9.17) is 0 Å². The summed E-state index contributed by atoms with van der Waals surface area (Å²) in [4.78, 5) is 10.8. The summed E-state index contributed by atoms with van der Waals surface area (Å²) in [7, 11) is 0. The van der Waals surface area contributed by atoms with E-state index in [9.17, 15) is 9.18 Å². The van der Waals surface area contributed by atoms with Gasteiger partial charge in [0.25, 0.3) is 0 Å². The summed E-state index contributed by atoms with van der Waals surface area (Å²) in [5, 5.41) is 0. The standard InChI is InChI=1S/C10H11FO/c1-7(11)9-3-5-10(6-4-9)8(2)12/h3-7H,1-2H3. The number of rotatable bonds is 2. The van der Waals surface area contributed by atoms with Crippen molar-refractivity contribution in [3.63, 3.8) is 0 Å². The molecule has 1 nitrogen and oxygen atoms in total. The Labute approximate surface area is 71.2 Å². The number of alkyl halides is 1. The molecular weight excluding hydrogens is 155 g/mol. The maximum atomic E-state index is 12.7. The normalized spacial score (nSPS) is 12.6. The van der Waals surface area contributed by atoms with Crippen molar-refractivity contribution >= 4 is 5.78 Å². The van der Waals surface area contributed by atoms with Gasteiger partial charge in [0.15, 0.2) is 5.78 Å². The van der Waals surface area contributed by atoms with Crippen LogP contribution < -0.4 is 0 Å². The zero-order chi connectivity index (χ0) is 9.14. The lowest BCUT2D eigenvalue weighted by Crippen LogP contribution is -1.92. The fourth-order valence-electron chi connectivity index (χ4n) is 0.983. The number of hydrogen-bond acceptors (Lipinski definition) is 1. The van der Waals surface area contributed by atoms with E-state index in [2.05, 4.69) is 0 Å². The van der Waals surface area contributed by atoms with Gasteiger partial charge in [-0.3, -0.25) is 4.79 Å². The first-order valence-electron chi connectivity index (χ1n) is 3.86. The summed E-state index contributed by atoms with van der Waals surface area (Å²) in [6.45, 7) is 2.97. The van der Waals surface area contributed by atoms with E-state index in [0.29, 0.717) is 11.1 Å². The Bertz CT molecular complexity index is 274. The van der Waals surface area contributed by atoms with Crippen LogP contribution in [0.1, 0.15) is 35.9 Å². The lowest BCUT2D eigenvalue weighted by atomic mass is 10.1.